The number of likely N-dealkylation sites (tertiary alicyclic amines) is 1. The molecule has 4 atom stereocenters. The number of hydrogen-bond acceptors (Lipinski definition) is 5. The second-order valence-corrected chi connectivity index (χ2v) is 7.69. The van der Waals surface area contributed by atoms with Gasteiger partial charge in [0.05, 0.1) is 6.10 Å². The van der Waals surface area contributed by atoms with Crippen LogP contribution in [0.2, 0.25) is 0 Å². The normalized spacial score (nSPS) is 29.7. The monoisotopic (exact) mass is 340 g/mol. The predicted molar refractivity (Wildman–Crippen MR) is 92.5 cm³/mol. The zero-order chi connectivity index (χ0) is 18.1. The Bertz CT molecular complexity index is 482. The van der Waals surface area contributed by atoms with Crippen molar-refractivity contribution in [3.63, 3.8) is 0 Å². The second kappa shape index (κ2) is 7.37. The predicted octanol–water partition coefficient (Wildman–Crippen LogP) is -0.597. The summed E-state index contributed by atoms with van der Waals surface area (Å²) in [6.07, 6.45) is 1.05. The highest BCUT2D eigenvalue weighted by Crippen LogP contribution is 2.38. The van der Waals surface area contributed by atoms with Crippen LogP contribution in [-0.2, 0) is 9.59 Å². The number of aliphatic hydroxyl groups excluding tert-OH is 1. The average molecular weight is 340 g/mol. The van der Waals surface area contributed by atoms with Gasteiger partial charge in [-0.3, -0.25) is 19.4 Å². The summed E-state index contributed by atoms with van der Waals surface area (Å²) in [6.45, 7) is 8.20. The summed E-state index contributed by atoms with van der Waals surface area (Å²) in [4.78, 5) is 28.5. The van der Waals surface area contributed by atoms with Gasteiger partial charge < -0.3 is 15.7 Å². The Balaban J connectivity index is 2.12. The number of hydrogen-bond donors (Lipinski definition) is 3. The summed E-state index contributed by atoms with van der Waals surface area (Å²) in [7, 11) is 3.45. The van der Waals surface area contributed by atoms with E-state index in [9.17, 15) is 14.7 Å². The number of rotatable bonds is 7. The van der Waals surface area contributed by atoms with Gasteiger partial charge in [-0.05, 0) is 32.7 Å². The smallest absolute Gasteiger partial charge is 0.242 e. The zero-order valence-electron chi connectivity index (χ0n) is 15.5. The third kappa shape index (κ3) is 3.43. The molecule has 7 nitrogen and oxygen atoms in total. The van der Waals surface area contributed by atoms with Crippen molar-refractivity contribution >= 4 is 11.8 Å². The lowest BCUT2D eigenvalue weighted by Gasteiger charge is -2.47. The number of carbonyl (C=O) groups is 2. The fourth-order valence-electron chi connectivity index (χ4n) is 4.14. The highest BCUT2D eigenvalue weighted by molar-refractivity contribution is 5.93. The van der Waals surface area contributed by atoms with E-state index in [4.69, 9.17) is 0 Å². The van der Waals surface area contributed by atoms with E-state index < -0.39 is 12.1 Å². The van der Waals surface area contributed by atoms with Gasteiger partial charge in [-0.2, -0.15) is 0 Å². The third-order valence-corrected chi connectivity index (χ3v) is 5.35. The Morgan fingerprint density at radius 3 is 2.58 bits per heavy atom. The quantitative estimate of drug-likeness (QED) is 0.539. The molecule has 0 aliphatic carbocycles. The van der Waals surface area contributed by atoms with Crippen molar-refractivity contribution in [1.29, 1.82) is 0 Å². The van der Waals surface area contributed by atoms with E-state index in [0.29, 0.717) is 19.0 Å². The van der Waals surface area contributed by atoms with Crippen molar-refractivity contribution in [2.45, 2.75) is 57.3 Å². The second-order valence-electron chi connectivity index (χ2n) is 7.69. The molecule has 2 amide bonds. The van der Waals surface area contributed by atoms with Gasteiger partial charge in [-0.1, -0.05) is 13.8 Å². The Morgan fingerprint density at radius 1 is 1.50 bits per heavy atom. The summed E-state index contributed by atoms with van der Waals surface area (Å²) in [5.74, 6) is 0.413. The maximum Gasteiger partial charge on any atom is 0.242 e. The maximum absolute atomic E-state index is 12.2. The lowest BCUT2D eigenvalue weighted by atomic mass is 9.88. The van der Waals surface area contributed by atoms with Crippen LogP contribution in [0.3, 0.4) is 0 Å². The highest BCUT2D eigenvalue weighted by Gasteiger charge is 2.56. The van der Waals surface area contributed by atoms with Crippen LogP contribution in [0.4, 0.5) is 0 Å². The molecule has 2 unspecified atom stereocenters. The van der Waals surface area contributed by atoms with Gasteiger partial charge in [0, 0.05) is 32.7 Å². The summed E-state index contributed by atoms with van der Waals surface area (Å²) >= 11 is 0. The van der Waals surface area contributed by atoms with Gasteiger partial charge in [0.1, 0.15) is 11.6 Å². The Morgan fingerprint density at radius 2 is 2.17 bits per heavy atom. The van der Waals surface area contributed by atoms with Crippen LogP contribution >= 0.6 is 0 Å². The summed E-state index contributed by atoms with van der Waals surface area (Å²) in [5, 5.41) is 15.5. The molecule has 0 aromatic heterocycles. The van der Waals surface area contributed by atoms with E-state index in [0.717, 1.165) is 19.4 Å². The largest absolute Gasteiger partial charge is 0.391 e. The first-order chi connectivity index (χ1) is 11.2. The van der Waals surface area contributed by atoms with Crippen molar-refractivity contribution in [3.05, 3.63) is 0 Å². The lowest BCUT2D eigenvalue weighted by Crippen LogP contribution is -2.72. The van der Waals surface area contributed by atoms with Gasteiger partial charge in [0.2, 0.25) is 11.8 Å². The molecule has 0 aromatic carbocycles. The standard InChI is InChI=1S/C17H32N4O3/c1-11(2)8-21-13(6-7-17(21)10-19-16(17)24)9-20(5)14(12(3)22)15(23)18-4/h11-14,22H,6-10H2,1-5H3,(H,18,23)(H,19,24)/t12-,13?,14+,17?/m1/s1. The summed E-state index contributed by atoms with van der Waals surface area (Å²) < 4.78 is 0. The molecule has 3 N–H and O–H groups in total. The zero-order valence-corrected chi connectivity index (χ0v) is 15.5. The number of β-lactam (4-membered cyclic amide) rings is 1. The van der Waals surface area contributed by atoms with Crippen LogP contribution in [0.25, 0.3) is 0 Å². The molecule has 0 aromatic rings. The highest BCUT2D eigenvalue weighted by atomic mass is 16.3. The van der Waals surface area contributed by atoms with Crippen molar-refractivity contribution in [1.82, 2.24) is 20.4 Å². The fraction of sp³-hybridized carbons (Fsp3) is 0.882. The molecule has 0 saturated carbocycles. The van der Waals surface area contributed by atoms with E-state index in [1.54, 1.807) is 14.0 Å². The Labute approximate surface area is 144 Å². The lowest BCUT2D eigenvalue weighted by molar-refractivity contribution is -0.143. The van der Waals surface area contributed by atoms with Crippen LogP contribution in [0.5, 0.6) is 0 Å². The molecule has 2 rings (SSSR count). The van der Waals surface area contributed by atoms with Crippen LogP contribution in [0.1, 0.15) is 33.6 Å². The van der Waals surface area contributed by atoms with E-state index in [2.05, 4.69) is 29.4 Å². The minimum absolute atomic E-state index is 0.131. The minimum atomic E-state index is -0.754. The topological polar surface area (TPSA) is 84.9 Å². The van der Waals surface area contributed by atoms with Gasteiger partial charge in [0.15, 0.2) is 0 Å². The van der Waals surface area contributed by atoms with Crippen LogP contribution < -0.4 is 10.6 Å². The number of aliphatic hydroxyl groups is 1. The first kappa shape index (κ1) is 19.1. The maximum atomic E-state index is 12.2. The number of nitrogens with zero attached hydrogens (tertiary/aromatic N) is 2. The Kier molecular flexibility index (Phi) is 5.88. The first-order valence-corrected chi connectivity index (χ1v) is 8.88. The molecule has 0 bridgehead atoms. The molecular formula is C17H32N4O3. The molecule has 2 aliphatic rings. The first-order valence-electron chi connectivity index (χ1n) is 8.88. The molecule has 2 fully saturated rings. The molecule has 24 heavy (non-hydrogen) atoms. The SMILES string of the molecule is CNC(=O)[C@H]([C@@H](C)O)N(C)CC1CCC2(CNC2=O)N1CC(C)C. The van der Waals surface area contributed by atoms with Crippen LogP contribution in [0.15, 0.2) is 0 Å². The number of carbonyl (C=O) groups excluding carboxylic acids is 2. The van der Waals surface area contributed by atoms with Crippen molar-refractivity contribution in [3.8, 4) is 0 Å². The van der Waals surface area contributed by atoms with Gasteiger partial charge in [-0.25, -0.2) is 0 Å². The molecule has 1 spiro atoms. The van der Waals surface area contributed by atoms with Crippen molar-refractivity contribution in [2.75, 3.05) is 33.7 Å². The van der Waals surface area contributed by atoms with Crippen molar-refractivity contribution < 1.29 is 14.7 Å². The number of likely N-dealkylation sites (N-methyl/N-ethyl adjacent to an activating group) is 2. The van der Waals surface area contributed by atoms with Gasteiger partial charge >= 0.3 is 0 Å². The molecule has 2 heterocycles. The van der Waals surface area contributed by atoms with Gasteiger partial charge in [-0.15, -0.1) is 0 Å². The van der Waals surface area contributed by atoms with Gasteiger partial charge in [0.25, 0.3) is 0 Å². The fourth-order valence-corrected chi connectivity index (χ4v) is 4.14. The van der Waals surface area contributed by atoms with Crippen LogP contribution in [-0.4, -0.2) is 84.2 Å². The number of nitrogens with one attached hydrogen (secondary N) is 2. The molecule has 2 aliphatic heterocycles. The summed E-state index contributed by atoms with van der Waals surface area (Å²) in [5.41, 5.74) is -0.358. The average Bonchev–Trinajstić information content (AvgIpc) is 2.85. The molecular weight excluding hydrogens is 308 g/mol. The molecule has 7 heteroatoms. The third-order valence-electron chi connectivity index (χ3n) is 5.35. The number of amides is 2. The summed E-state index contributed by atoms with van der Waals surface area (Å²) in [6, 6.07) is -0.364. The van der Waals surface area contributed by atoms with E-state index >= 15 is 0 Å². The van der Waals surface area contributed by atoms with E-state index in [1.807, 2.05) is 11.9 Å². The molecule has 2 saturated heterocycles. The molecule has 138 valence electrons. The Hall–Kier alpha value is -1.18. The van der Waals surface area contributed by atoms with Crippen molar-refractivity contribution in [2.24, 2.45) is 5.92 Å². The molecule has 0 radical (unpaired) electrons. The van der Waals surface area contributed by atoms with Crippen LogP contribution in [0, 0.1) is 5.92 Å². The van der Waals surface area contributed by atoms with E-state index in [1.165, 1.54) is 0 Å². The van der Waals surface area contributed by atoms with E-state index in [-0.39, 0.29) is 23.4 Å². The minimum Gasteiger partial charge on any atom is -0.391 e.